The number of imidazole rings is 1. The van der Waals surface area contributed by atoms with Gasteiger partial charge in [-0.15, -0.1) is 0 Å². The Kier molecular flexibility index (Phi) is 3.77. The third-order valence-corrected chi connectivity index (χ3v) is 5.12. The van der Waals surface area contributed by atoms with Crippen LogP contribution in [0.1, 0.15) is 12.8 Å². The third-order valence-electron chi connectivity index (χ3n) is 3.13. The first-order chi connectivity index (χ1) is 10.0. The number of hydrogen-bond acceptors (Lipinski definition) is 7. The van der Waals surface area contributed by atoms with Gasteiger partial charge in [0.2, 0.25) is 17.2 Å². The van der Waals surface area contributed by atoms with Crippen LogP contribution in [0.5, 0.6) is 0 Å². The Bertz CT molecular complexity index is 733. The predicted molar refractivity (Wildman–Crippen MR) is 77.3 cm³/mol. The number of hydrogen-bond donors (Lipinski definition) is 1. The average Bonchev–Trinajstić information content (AvgIpc) is 2.90. The molecule has 8 nitrogen and oxygen atoms in total. The Morgan fingerprint density at radius 3 is 2.90 bits per heavy atom. The van der Waals surface area contributed by atoms with Gasteiger partial charge in [0.05, 0.1) is 11.5 Å². The Morgan fingerprint density at radius 2 is 2.19 bits per heavy atom. The smallest absolute Gasteiger partial charge is 0.241 e. The number of aromatic nitrogens is 5. The van der Waals surface area contributed by atoms with E-state index in [9.17, 15) is 8.42 Å². The highest BCUT2D eigenvalue weighted by Crippen LogP contribution is 2.17. The van der Waals surface area contributed by atoms with Gasteiger partial charge in [0, 0.05) is 18.4 Å². The lowest BCUT2D eigenvalue weighted by Gasteiger charge is -2.22. The van der Waals surface area contributed by atoms with Crippen molar-refractivity contribution in [1.29, 1.82) is 0 Å². The van der Waals surface area contributed by atoms with Crippen molar-refractivity contribution in [3.05, 3.63) is 24.0 Å². The molecule has 0 amide bonds. The molecule has 1 atom stereocenters. The fraction of sp³-hybridized carbons (Fsp3) is 0.455. The minimum Gasteiger partial charge on any atom is -0.350 e. The van der Waals surface area contributed by atoms with E-state index in [1.54, 1.807) is 23.3 Å². The molecular formula is C11H13ClN6O2S. The van der Waals surface area contributed by atoms with Gasteiger partial charge in [-0.25, -0.2) is 13.4 Å². The molecule has 3 heterocycles. The van der Waals surface area contributed by atoms with Crippen molar-refractivity contribution in [3.8, 4) is 5.95 Å². The van der Waals surface area contributed by atoms with Gasteiger partial charge in [-0.1, -0.05) is 0 Å². The van der Waals surface area contributed by atoms with Crippen LogP contribution in [0, 0.1) is 0 Å². The largest absolute Gasteiger partial charge is 0.350 e. The summed E-state index contributed by atoms with van der Waals surface area (Å²) in [5, 5.41) is 3.06. The first-order valence-corrected chi connectivity index (χ1v) is 8.59. The first kappa shape index (κ1) is 14.2. The summed E-state index contributed by atoms with van der Waals surface area (Å²) in [6.07, 6.45) is 6.20. The summed E-state index contributed by atoms with van der Waals surface area (Å²) < 4.78 is 24.9. The van der Waals surface area contributed by atoms with Crippen LogP contribution < -0.4 is 5.32 Å². The Morgan fingerprint density at radius 1 is 1.33 bits per heavy atom. The maximum Gasteiger partial charge on any atom is 0.241 e. The van der Waals surface area contributed by atoms with Crippen LogP contribution in [0.3, 0.4) is 0 Å². The molecule has 112 valence electrons. The highest BCUT2D eigenvalue weighted by atomic mass is 35.5. The summed E-state index contributed by atoms with van der Waals surface area (Å²) in [7, 11) is -3.00. The third kappa shape index (κ3) is 3.48. The van der Waals surface area contributed by atoms with Gasteiger partial charge in [0.15, 0.2) is 9.84 Å². The SMILES string of the molecule is O=S1(=O)CCCC(Nc2nc(Cl)nc(-n3ccnc3)n2)C1. The molecule has 2 aromatic heterocycles. The van der Waals surface area contributed by atoms with E-state index >= 15 is 0 Å². The second-order valence-electron chi connectivity index (χ2n) is 4.80. The van der Waals surface area contributed by atoms with Crippen LogP contribution in [-0.4, -0.2) is 50.5 Å². The summed E-state index contributed by atoms with van der Waals surface area (Å²) >= 11 is 5.89. The van der Waals surface area contributed by atoms with Crippen LogP contribution in [0.15, 0.2) is 18.7 Å². The monoisotopic (exact) mass is 328 g/mol. The number of halogens is 1. The van der Waals surface area contributed by atoms with Gasteiger partial charge in [-0.05, 0) is 24.4 Å². The Labute approximate surface area is 126 Å². The molecule has 0 aromatic carbocycles. The van der Waals surface area contributed by atoms with E-state index in [1.165, 1.54) is 0 Å². The zero-order chi connectivity index (χ0) is 14.9. The van der Waals surface area contributed by atoms with Crippen LogP contribution in [0.4, 0.5) is 5.95 Å². The fourth-order valence-corrected chi connectivity index (χ4v) is 4.01. The molecule has 10 heteroatoms. The van der Waals surface area contributed by atoms with E-state index in [1.807, 2.05) is 0 Å². The molecule has 0 bridgehead atoms. The molecule has 21 heavy (non-hydrogen) atoms. The highest BCUT2D eigenvalue weighted by molar-refractivity contribution is 7.91. The highest BCUT2D eigenvalue weighted by Gasteiger charge is 2.25. The van der Waals surface area contributed by atoms with Crippen LogP contribution in [0.25, 0.3) is 5.95 Å². The minimum absolute atomic E-state index is 0.0369. The summed E-state index contributed by atoms with van der Waals surface area (Å²) in [5.74, 6) is 0.912. The maximum atomic E-state index is 11.6. The van der Waals surface area contributed by atoms with Crippen molar-refractivity contribution in [2.45, 2.75) is 18.9 Å². The zero-order valence-electron chi connectivity index (χ0n) is 11.0. The Balaban J connectivity index is 1.82. The second-order valence-corrected chi connectivity index (χ2v) is 7.36. The molecule has 3 rings (SSSR count). The van der Waals surface area contributed by atoms with Gasteiger partial charge < -0.3 is 5.32 Å². The van der Waals surface area contributed by atoms with Gasteiger partial charge >= 0.3 is 0 Å². The van der Waals surface area contributed by atoms with Crippen molar-refractivity contribution >= 4 is 27.4 Å². The molecule has 1 aliphatic rings. The zero-order valence-corrected chi connectivity index (χ0v) is 12.5. The molecule has 1 unspecified atom stereocenters. The number of nitrogens with one attached hydrogen (secondary N) is 1. The van der Waals surface area contributed by atoms with Crippen LogP contribution in [-0.2, 0) is 9.84 Å². The van der Waals surface area contributed by atoms with E-state index in [4.69, 9.17) is 11.6 Å². The van der Waals surface area contributed by atoms with E-state index in [0.717, 1.165) is 6.42 Å². The van der Waals surface area contributed by atoms with Gasteiger partial charge in [0.1, 0.15) is 6.33 Å². The first-order valence-electron chi connectivity index (χ1n) is 6.39. The molecule has 1 N–H and O–H groups in total. The number of rotatable bonds is 3. The van der Waals surface area contributed by atoms with Crippen molar-refractivity contribution in [3.63, 3.8) is 0 Å². The van der Waals surface area contributed by atoms with Gasteiger partial charge in [0.25, 0.3) is 0 Å². The average molecular weight is 329 g/mol. The summed E-state index contributed by atoms with van der Waals surface area (Å²) in [6.45, 7) is 0. The van der Waals surface area contributed by atoms with E-state index in [-0.39, 0.29) is 28.8 Å². The molecular weight excluding hydrogens is 316 g/mol. The number of anilines is 1. The number of sulfone groups is 1. The van der Waals surface area contributed by atoms with Gasteiger partial charge in [-0.3, -0.25) is 4.57 Å². The Hall–Kier alpha value is -1.74. The number of nitrogens with zero attached hydrogens (tertiary/aromatic N) is 5. The van der Waals surface area contributed by atoms with Crippen molar-refractivity contribution in [2.75, 3.05) is 16.8 Å². The summed E-state index contributed by atoms with van der Waals surface area (Å²) in [6, 6.07) is -0.210. The van der Waals surface area contributed by atoms with E-state index < -0.39 is 9.84 Å². The van der Waals surface area contributed by atoms with Crippen molar-refractivity contribution in [2.24, 2.45) is 0 Å². The summed E-state index contributed by atoms with van der Waals surface area (Å²) in [5.41, 5.74) is 0. The molecule has 0 saturated carbocycles. The predicted octanol–water partition coefficient (Wildman–Crippen LogP) is 0.700. The second kappa shape index (κ2) is 5.57. The molecule has 1 fully saturated rings. The minimum atomic E-state index is -3.00. The van der Waals surface area contributed by atoms with E-state index in [2.05, 4.69) is 25.3 Å². The van der Waals surface area contributed by atoms with E-state index in [0.29, 0.717) is 12.4 Å². The molecule has 0 spiro atoms. The normalized spacial score (nSPS) is 21.1. The topological polar surface area (TPSA) is 103 Å². The van der Waals surface area contributed by atoms with Crippen LogP contribution in [0.2, 0.25) is 5.28 Å². The van der Waals surface area contributed by atoms with Crippen molar-refractivity contribution in [1.82, 2.24) is 24.5 Å². The summed E-state index contributed by atoms with van der Waals surface area (Å²) in [4.78, 5) is 16.1. The van der Waals surface area contributed by atoms with Crippen LogP contribution >= 0.6 is 11.6 Å². The molecule has 0 radical (unpaired) electrons. The molecule has 0 aliphatic carbocycles. The molecule has 1 saturated heterocycles. The maximum absolute atomic E-state index is 11.6. The van der Waals surface area contributed by atoms with Crippen molar-refractivity contribution < 1.29 is 8.42 Å². The standard InChI is InChI=1S/C11H13ClN6O2S/c12-9-15-10(14-8-2-1-5-21(19,20)6-8)17-11(16-9)18-4-3-13-7-18/h3-4,7-8H,1-2,5-6H2,(H,14,15,16,17). The van der Waals surface area contributed by atoms with Gasteiger partial charge in [-0.2, -0.15) is 15.0 Å². The molecule has 2 aromatic rings. The quantitative estimate of drug-likeness (QED) is 0.884. The fourth-order valence-electron chi connectivity index (χ4n) is 2.22. The lowest BCUT2D eigenvalue weighted by molar-refractivity contribution is 0.561. The lowest BCUT2D eigenvalue weighted by atomic mass is 10.2. The lowest BCUT2D eigenvalue weighted by Crippen LogP contribution is -2.35. The molecule has 1 aliphatic heterocycles.